The molecule has 10 heteroatoms. The molecule has 0 unspecified atom stereocenters. The molecule has 5 rings (SSSR count). The van der Waals surface area contributed by atoms with Gasteiger partial charge < -0.3 is 9.88 Å². The van der Waals surface area contributed by atoms with Gasteiger partial charge >= 0.3 is 5.69 Å². The van der Waals surface area contributed by atoms with Crippen LogP contribution in [0.3, 0.4) is 0 Å². The molecule has 0 bridgehead atoms. The molecule has 1 saturated heterocycles. The Kier molecular flexibility index (Phi) is 5.41. The Morgan fingerprint density at radius 3 is 2.52 bits per heavy atom. The molecular formula is C23H24N4O5S. The number of H-pyrrole nitrogens is 1. The number of hydrogen-bond acceptors (Lipinski definition) is 5. The topological polar surface area (TPSA) is 113 Å². The highest BCUT2D eigenvalue weighted by Gasteiger charge is 2.30. The van der Waals surface area contributed by atoms with Crippen molar-refractivity contribution in [2.45, 2.75) is 37.1 Å². The number of aromatic amines is 1. The Bertz CT molecular complexity index is 1470. The number of para-hydroxylation sites is 1. The quantitative estimate of drug-likeness (QED) is 0.623. The van der Waals surface area contributed by atoms with Crippen LogP contribution in [0.5, 0.6) is 0 Å². The number of nitrogens with one attached hydrogen (secondary N) is 1. The van der Waals surface area contributed by atoms with Gasteiger partial charge in [0.05, 0.1) is 15.8 Å². The molecule has 3 heterocycles. The van der Waals surface area contributed by atoms with Gasteiger partial charge in [-0.15, -0.1) is 0 Å². The SMILES string of the molecule is O=C(Cn1c(=O)[nH]c2ccccc2c1=O)N1CCCc2cc(S(=O)(=O)N3CCCC3)ccc21. The fourth-order valence-corrected chi connectivity index (χ4v) is 6.20. The van der Waals surface area contributed by atoms with Gasteiger partial charge in [-0.05, 0) is 61.6 Å². The number of rotatable bonds is 4. The number of fused-ring (bicyclic) bond motifs is 2. The summed E-state index contributed by atoms with van der Waals surface area (Å²) in [7, 11) is -3.55. The molecule has 0 radical (unpaired) electrons. The lowest BCUT2D eigenvalue weighted by Gasteiger charge is -2.30. The third-order valence-corrected chi connectivity index (χ3v) is 8.25. The molecule has 2 aliphatic heterocycles. The number of amides is 1. The molecule has 172 valence electrons. The zero-order chi connectivity index (χ0) is 23.2. The number of anilines is 1. The summed E-state index contributed by atoms with van der Waals surface area (Å²) in [6.45, 7) is 1.09. The minimum Gasteiger partial charge on any atom is -0.311 e. The minimum atomic E-state index is -3.55. The van der Waals surface area contributed by atoms with Gasteiger partial charge in [-0.1, -0.05) is 12.1 Å². The van der Waals surface area contributed by atoms with Gasteiger partial charge in [0.15, 0.2) is 0 Å². The van der Waals surface area contributed by atoms with E-state index in [-0.39, 0.29) is 4.90 Å². The maximum absolute atomic E-state index is 13.1. The molecule has 1 fully saturated rings. The first-order valence-electron chi connectivity index (χ1n) is 11.0. The summed E-state index contributed by atoms with van der Waals surface area (Å²) in [5, 5.41) is 0.334. The summed E-state index contributed by atoms with van der Waals surface area (Å²) in [5.74, 6) is -0.394. The van der Waals surface area contributed by atoms with Crippen molar-refractivity contribution in [1.29, 1.82) is 0 Å². The summed E-state index contributed by atoms with van der Waals surface area (Å²) in [4.78, 5) is 42.8. The van der Waals surface area contributed by atoms with Crippen LogP contribution in [-0.2, 0) is 27.8 Å². The van der Waals surface area contributed by atoms with Crippen molar-refractivity contribution in [3.05, 3.63) is 68.9 Å². The molecule has 1 N–H and O–H groups in total. The lowest BCUT2D eigenvalue weighted by Crippen LogP contribution is -2.44. The predicted molar refractivity (Wildman–Crippen MR) is 124 cm³/mol. The molecule has 0 saturated carbocycles. The summed E-state index contributed by atoms with van der Waals surface area (Å²) < 4.78 is 28.3. The van der Waals surface area contributed by atoms with Crippen LogP contribution in [-0.4, -0.2) is 47.8 Å². The summed E-state index contributed by atoms with van der Waals surface area (Å²) in [5.41, 5.74) is 0.654. The van der Waals surface area contributed by atoms with Crippen LogP contribution in [0.15, 0.2) is 56.9 Å². The number of benzene rings is 2. The van der Waals surface area contributed by atoms with Gasteiger partial charge in [-0.2, -0.15) is 4.31 Å². The van der Waals surface area contributed by atoms with Crippen molar-refractivity contribution >= 4 is 32.5 Å². The predicted octanol–water partition coefficient (Wildman–Crippen LogP) is 1.45. The summed E-state index contributed by atoms with van der Waals surface area (Å²) in [6, 6.07) is 11.5. The van der Waals surface area contributed by atoms with Crippen molar-refractivity contribution in [2.75, 3.05) is 24.5 Å². The molecule has 2 aromatic carbocycles. The first kappa shape index (κ1) is 21.6. The molecule has 3 aromatic rings. The van der Waals surface area contributed by atoms with Crippen LogP contribution in [0, 0.1) is 0 Å². The average molecular weight is 469 g/mol. The maximum atomic E-state index is 13.1. The van der Waals surface area contributed by atoms with Crippen molar-refractivity contribution in [3.8, 4) is 0 Å². The van der Waals surface area contributed by atoms with Crippen molar-refractivity contribution in [1.82, 2.24) is 13.9 Å². The van der Waals surface area contributed by atoms with E-state index in [4.69, 9.17) is 0 Å². The lowest BCUT2D eigenvalue weighted by atomic mass is 10.0. The zero-order valence-corrected chi connectivity index (χ0v) is 18.8. The maximum Gasteiger partial charge on any atom is 0.329 e. The molecule has 9 nitrogen and oxygen atoms in total. The molecule has 0 spiro atoms. The number of aromatic nitrogens is 2. The number of aryl methyl sites for hydroxylation is 1. The first-order chi connectivity index (χ1) is 15.9. The first-order valence-corrected chi connectivity index (χ1v) is 12.5. The van der Waals surface area contributed by atoms with E-state index in [2.05, 4.69) is 4.98 Å². The van der Waals surface area contributed by atoms with Gasteiger partial charge in [-0.3, -0.25) is 14.2 Å². The Morgan fingerprint density at radius 2 is 1.73 bits per heavy atom. The monoisotopic (exact) mass is 468 g/mol. The molecular weight excluding hydrogens is 444 g/mol. The normalized spacial score (nSPS) is 16.8. The highest BCUT2D eigenvalue weighted by atomic mass is 32.2. The zero-order valence-electron chi connectivity index (χ0n) is 18.0. The standard InChI is InChI=1S/C23H24N4O5S/c28-21(15-27-22(29)18-7-1-2-8-19(18)24-23(27)30)26-13-5-6-16-14-17(9-10-20(16)26)33(31,32)25-11-3-4-12-25/h1-2,7-10,14H,3-6,11-13,15H2,(H,24,30). The number of sulfonamides is 1. The molecule has 1 aromatic heterocycles. The van der Waals surface area contributed by atoms with Crippen molar-refractivity contribution in [2.24, 2.45) is 0 Å². The Labute approximate surface area is 190 Å². The van der Waals surface area contributed by atoms with E-state index < -0.39 is 33.7 Å². The van der Waals surface area contributed by atoms with Crippen LogP contribution >= 0.6 is 0 Å². The second-order valence-corrected chi connectivity index (χ2v) is 10.4. The van der Waals surface area contributed by atoms with Gasteiger partial charge in [-0.25, -0.2) is 13.2 Å². The smallest absolute Gasteiger partial charge is 0.311 e. The van der Waals surface area contributed by atoms with E-state index in [1.54, 1.807) is 36.4 Å². The number of nitrogens with zero attached hydrogens (tertiary/aromatic N) is 3. The van der Waals surface area contributed by atoms with E-state index in [0.29, 0.717) is 49.1 Å². The van der Waals surface area contributed by atoms with E-state index >= 15 is 0 Å². The van der Waals surface area contributed by atoms with E-state index in [1.807, 2.05) is 0 Å². The van der Waals surface area contributed by atoms with Crippen LogP contribution < -0.4 is 16.1 Å². The number of carbonyl (C=O) groups excluding carboxylic acids is 1. The van der Waals surface area contributed by atoms with E-state index in [0.717, 1.165) is 23.0 Å². The third-order valence-electron chi connectivity index (χ3n) is 6.36. The fourth-order valence-electron chi connectivity index (χ4n) is 4.63. The molecule has 33 heavy (non-hydrogen) atoms. The molecule has 1 amide bonds. The highest BCUT2D eigenvalue weighted by Crippen LogP contribution is 2.31. The van der Waals surface area contributed by atoms with Gasteiger partial charge in [0.2, 0.25) is 15.9 Å². The van der Waals surface area contributed by atoms with Gasteiger partial charge in [0.25, 0.3) is 5.56 Å². The van der Waals surface area contributed by atoms with Crippen molar-refractivity contribution in [3.63, 3.8) is 0 Å². The minimum absolute atomic E-state index is 0.236. The third kappa shape index (κ3) is 3.79. The van der Waals surface area contributed by atoms with E-state index in [1.165, 1.54) is 15.3 Å². The molecule has 2 aliphatic rings. The molecule has 0 atom stereocenters. The highest BCUT2D eigenvalue weighted by molar-refractivity contribution is 7.89. The Hall–Kier alpha value is -3.24. The van der Waals surface area contributed by atoms with Crippen LogP contribution in [0.1, 0.15) is 24.8 Å². The Morgan fingerprint density at radius 1 is 0.970 bits per heavy atom. The second kappa shape index (κ2) is 8.27. The van der Waals surface area contributed by atoms with Crippen LogP contribution in [0.4, 0.5) is 5.69 Å². The fraction of sp³-hybridized carbons (Fsp3) is 0.348. The van der Waals surface area contributed by atoms with Crippen LogP contribution in [0.2, 0.25) is 0 Å². The van der Waals surface area contributed by atoms with Crippen molar-refractivity contribution < 1.29 is 13.2 Å². The molecule has 0 aliphatic carbocycles. The Balaban J connectivity index is 1.45. The number of hydrogen-bond donors (Lipinski definition) is 1. The lowest BCUT2D eigenvalue weighted by molar-refractivity contribution is -0.119. The second-order valence-electron chi connectivity index (χ2n) is 8.42. The van der Waals surface area contributed by atoms with E-state index in [9.17, 15) is 22.8 Å². The summed E-state index contributed by atoms with van der Waals surface area (Å²) in [6.07, 6.45) is 3.04. The largest absolute Gasteiger partial charge is 0.329 e. The van der Waals surface area contributed by atoms with Crippen LogP contribution in [0.25, 0.3) is 10.9 Å². The average Bonchev–Trinajstić information content (AvgIpc) is 3.37. The van der Waals surface area contributed by atoms with Gasteiger partial charge in [0, 0.05) is 25.3 Å². The van der Waals surface area contributed by atoms with Gasteiger partial charge in [0.1, 0.15) is 6.54 Å². The summed E-state index contributed by atoms with van der Waals surface area (Å²) >= 11 is 0. The number of carbonyl (C=O) groups is 1.